The molecule has 1 heterocycles. The summed E-state index contributed by atoms with van der Waals surface area (Å²) in [6.07, 6.45) is 1.53. The van der Waals surface area contributed by atoms with Gasteiger partial charge in [0.2, 0.25) is 0 Å². The van der Waals surface area contributed by atoms with Gasteiger partial charge in [0, 0.05) is 24.9 Å². The normalized spacial score (nSPS) is 19.4. The van der Waals surface area contributed by atoms with Crippen LogP contribution in [0.1, 0.15) is 46.8 Å². The fraction of sp³-hybridized carbons (Fsp3) is 0.273. The van der Waals surface area contributed by atoms with Crippen molar-refractivity contribution < 1.29 is 19.4 Å². The summed E-state index contributed by atoms with van der Waals surface area (Å²) < 4.78 is 5.19. The number of ketones is 1. The van der Waals surface area contributed by atoms with E-state index in [4.69, 9.17) is 4.74 Å². The van der Waals surface area contributed by atoms with Crippen LogP contribution in [0.5, 0.6) is 5.75 Å². The molecule has 0 spiro atoms. The minimum atomic E-state index is -0.538. The number of rotatable bonds is 4. The van der Waals surface area contributed by atoms with Crippen molar-refractivity contribution in [1.29, 1.82) is 0 Å². The van der Waals surface area contributed by atoms with Crippen LogP contribution in [0.4, 0.5) is 0 Å². The number of benzene rings is 2. The maximum Gasteiger partial charge on any atom is 0.255 e. The first-order valence-corrected chi connectivity index (χ1v) is 9.08. The quantitative estimate of drug-likeness (QED) is 0.893. The van der Waals surface area contributed by atoms with Crippen LogP contribution in [0.3, 0.4) is 0 Å². The number of carbonyl (C=O) groups is 2. The second kappa shape index (κ2) is 6.91. The molecule has 5 nitrogen and oxygen atoms in total. The predicted octanol–water partition coefficient (Wildman–Crippen LogP) is 3.96. The van der Waals surface area contributed by atoms with Crippen LogP contribution in [0.2, 0.25) is 0 Å². The topological polar surface area (TPSA) is 66.8 Å². The van der Waals surface area contributed by atoms with Gasteiger partial charge in [0.1, 0.15) is 11.5 Å². The van der Waals surface area contributed by atoms with Crippen molar-refractivity contribution in [3.8, 4) is 5.75 Å². The minimum absolute atomic E-state index is 0.0759. The standard InChI is InChI=1S/C22H21NO4/c1-27-15-11-9-14(10-12-15)13-23-21(20-18(24)7-4-8-19(20)25)16-5-2-3-6-17(16)22(23)26/h2-3,5-6,9-12,21,24H,4,7-8,13H2,1H3. The SMILES string of the molecule is COc1ccc(CN2C(=O)c3ccccc3C2C2=C(O)CCCC2=O)cc1. The molecular formula is C22H21NO4. The Morgan fingerprint density at radius 3 is 2.52 bits per heavy atom. The Kier molecular flexibility index (Phi) is 4.44. The van der Waals surface area contributed by atoms with Crippen molar-refractivity contribution in [3.05, 3.63) is 76.6 Å². The summed E-state index contributed by atoms with van der Waals surface area (Å²) in [5, 5.41) is 10.5. The lowest BCUT2D eigenvalue weighted by molar-refractivity contribution is -0.117. The number of hydrogen-bond donors (Lipinski definition) is 1. The van der Waals surface area contributed by atoms with Crippen LogP contribution in [-0.2, 0) is 11.3 Å². The van der Waals surface area contributed by atoms with Crippen LogP contribution in [0.25, 0.3) is 0 Å². The largest absolute Gasteiger partial charge is 0.512 e. The number of fused-ring (bicyclic) bond motifs is 1. The van der Waals surface area contributed by atoms with Gasteiger partial charge in [-0.25, -0.2) is 0 Å². The maximum absolute atomic E-state index is 13.1. The Balaban J connectivity index is 1.76. The Morgan fingerprint density at radius 2 is 1.81 bits per heavy atom. The Hall–Kier alpha value is -3.08. The number of methoxy groups -OCH3 is 1. The molecule has 5 heteroatoms. The molecule has 27 heavy (non-hydrogen) atoms. The zero-order valence-electron chi connectivity index (χ0n) is 15.1. The number of carbonyl (C=O) groups excluding carboxylic acids is 2. The highest BCUT2D eigenvalue weighted by molar-refractivity contribution is 6.04. The highest BCUT2D eigenvalue weighted by Gasteiger charge is 2.42. The second-order valence-corrected chi connectivity index (χ2v) is 6.91. The van der Waals surface area contributed by atoms with E-state index in [0.29, 0.717) is 36.9 Å². The molecule has 2 aliphatic rings. The number of Topliss-reactive ketones (excluding diaryl/α,β-unsaturated/α-hetero) is 1. The van der Waals surface area contributed by atoms with E-state index in [1.165, 1.54) is 0 Å². The lowest BCUT2D eigenvalue weighted by Crippen LogP contribution is -2.32. The van der Waals surface area contributed by atoms with Crippen molar-refractivity contribution in [2.75, 3.05) is 7.11 Å². The number of hydrogen-bond acceptors (Lipinski definition) is 4. The lowest BCUT2D eigenvalue weighted by atomic mass is 9.87. The number of aliphatic hydroxyl groups excluding tert-OH is 1. The van der Waals surface area contributed by atoms with Crippen LogP contribution in [-0.4, -0.2) is 28.8 Å². The van der Waals surface area contributed by atoms with E-state index in [-0.39, 0.29) is 17.4 Å². The smallest absolute Gasteiger partial charge is 0.255 e. The lowest BCUT2D eigenvalue weighted by Gasteiger charge is -2.29. The van der Waals surface area contributed by atoms with E-state index < -0.39 is 6.04 Å². The molecule has 1 atom stereocenters. The third-order valence-corrected chi connectivity index (χ3v) is 5.27. The van der Waals surface area contributed by atoms with Gasteiger partial charge in [0.15, 0.2) is 5.78 Å². The van der Waals surface area contributed by atoms with Crippen molar-refractivity contribution in [3.63, 3.8) is 0 Å². The van der Waals surface area contributed by atoms with Gasteiger partial charge in [-0.3, -0.25) is 9.59 Å². The second-order valence-electron chi connectivity index (χ2n) is 6.91. The van der Waals surface area contributed by atoms with Gasteiger partial charge >= 0.3 is 0 Å². The molecule has 1 aliphatic carbocycles. The van der Waals surface area contributed by atoms with Gasteiger partial charge in [0.25, 0.3) is 5.91 Å². The molecular weight excluding hydrogens is 342 g/mol. The Morgan fingerprint density at radius 1 is 1.07 bits per heavy atom. The summed E-state index contributed by atoms with van der Waals surface area (Å²) >= 11 is 0. The molecule has 2 aromatic rings. The summed E-state index contributed by atoms with van der Waals surface area (Å²) in [6, 6.07) is 14.3. The van der Waals surface area contributed by atoms with Gasteiger partial charge < -0.3 is 14.7 Å². The minimum Gasteiger partial charge on any atom is -0.512 e. The molecule has 1 unspecified atom stereocenters. The van der Waals surface area contributed by atoms with Crippen LogP contribution in [0, 0.1) is 0 Å². The monoisotopic (exact) mass is 363 g/mol. The fourth-order valence-corrected chi connectivity index (χ4v) is 3.93. The summed E-state index contributed by atoms with van der Waals surface area (Å²) in [7, 11) is 1.61. The van der Waals surface area contributed by atoms with Crippen LogP contribution in [0.15, 0.2) is 59.9 Å². The van der Waals surface area contributed by atoms with Crippen molar-refractivity contribution in [1.82, 2.24) is 4.90 Å². The van der Waals surface area contributed by atoms with Gasteiger partial charge in [-0.1, -0.05) is 30.3 Å². The van der Waals surface area contributed by atoms with Crippen LogP contribution < -0.4 is 4.74 Å². The molecule has 1 amide bonds. The van der Waals surface area contributed by atoms with Crippen molar-refractivity contribution in [2.45, 2.75) is 31.8 Å². The zero-order valence-corrected chi connectivity index (χ0v) is 15.1. The first kappa shape index (κ1) is 17.3. The Bertz CT molecular complexity index is 930. The van der Waals surface area contributed by atoms with E-state index in [1.807, 2.05) is 42.5 Å². The van der Waals surface area contributed by atoms with E-state index in [2.05, 4.69) is 0 Å². The summed E-state index contributed by atoms with van der Waals surface area (Å²) in [6.45, 7) is 0.353. The zero-order chi connectivity index (χ0) is 19.0. The molecule has 0 radical (unpaired) electrons. The van der Waals surface area contributed by atoms with E-state index in [0.717, 1.165) is 16.9 Å². The van der Waals surface area contributed by atoms with Gasteiger partial charge in [-0.05, 0) is 35.7 Å². The highest BCUT2D eigenvalue weighted by Crippen LogP contribution is 2.42. The highest BCUT2D eigenvalue weighted by atomic mass is 16.5. The number of ether oxygens (including phenoxy) is 1. The first-order valence-electron chi connectivity index (χ1n) is 9.08. The third-order valence-electron chi connectivity index (χ3n) is 5.27. The molecule has 2 aromatic carbocycles. The van der Waals surface area contributed by atoms with Gasteiger partial charge in [-0.2, -0.15) is 0 Å². The number of amides is 1. The average Bonchev–Trinajstić information content (AvgIpc) is 2.95. The number of nitrogens with zero attached hydrogens (tertiary/aromatic N) is 1. The first-order chi connectivity index (χ1) is 13.1. The van der Waals surface area contributed by atoms with Gasteiger partial charge in [0.05, 0.1) is 18.7 Å². The molecule has 1 aliphatic heterocycles. The fourth-order valence-electron chi connectivity index (χ4n) is 3.93. The number of aliphatic hydroxyl groups is 1. The number of allylic oxidation sites excluding steroid dienone is 1. The molecule has 1 N–H and O–H groups in total. The average molecular weight is 363 g/mol. The van der Waals surface area contributed by atoms with E-state index >= 15 is 0 Å². The summed E-state index contributed by atoms with van der Waals surface area (Å²) in [5.41, 5.74) is 2.68. The molecule has 0 saturated heterocycles. The maximum atomic E-state index is 13.1. The molecule has 4 rings (SSSR count). The third kappa shape index (κ3) is 2.99. The van der Waals surface area contributed by atoms with Crippen molar-refractivity contribution >= 4 is 11.7 Å². The Labute approximate surface area is 157 Å². The molecule has 138 valence electrons. The summed E-state index contributed by atoms with van der Waals surface area (Å²) in [5.74, 6) is 0.660. The van der Waals surface area contributed by atoms with E-state index in [9.17, 15) is 14.7 Å². The molecule has 0 saturated carbocycles. The van der Waals surface area contributed by atoms with Crippen LogP contribution >= 0.6 is 0 Å². The predicted molar refractivity (Wildman–Crippen MR) is 101 cm³/mol. The van der Waals surface area contributed by atoms with E-state index in [1.54, 1.807) is 18.1 Å². The molecule has 0 fully saturated rings. The summed E-state index contributed by atoms with van der Waals surface area (Å²) in [4.78, 5) is 27.4. The van der Waals surface area contributed by atoms with Crippen molar-refractivity contribution in [2.24, 2.45) is 0 Å². The molecule has 0 bridgehead atoms. The molecule has 0 aromatic heterocycles. The van der Waals surface area contributed by atoms with Gasteiger partial charge in [-0.15, -0.1) is 0 Å².